The Kier molecular flexibility index (Phi) is 31.0. The summed E-state index contributed by atoms with van der Waals surface area (Å²) in [5, 5.41) is 0. The molecule has 0 radical (unpaired) electrons. The molecular weight excluding hydrogens is 1140 g/mol. The Morgan fingerprint density at radius 1 is 0.321 bits per heavy atom. The Morgan fingerprint density at radius 3 is 0.718 bits per heavy atom. The van der Waals surface area contributed by atoms with Gasteiger partial charge in [-0.15, -0.1) is 0 Å². The molecule has 0 bridgehead atoms. The van der Waals surface area contributed by atoms with Gasteiger partial charge in [0.1, 0.15) is 24.7 Å². The highest BCUT2D eigenvalue weighted by Gasteiger charge is 2.89. The average Bonchev–Trinajstić information content (AvgIpc) is 3.29. The fraction of sp³-hybridized carbons (Fsp3) is 0.872. The number of nitrogens with one attached hydrogen (secondary N) is 1. The molecular formula is C47H65BF29N. The van der Waals surface area contributed by atoms with Gasteiger partial charge in [0.2, 0.25) is 34.8 Å². The van der Waals surface area contributed by atoms with Crippen molar-refractivity contribution >= 4 is 11.8 Å². The number of alkyl halides is 24. The van der Waals surface area contributed by atoms with Crippen LogP contribution in [0.2, 0.25) is 0 Å². The third kappa shape index (κ3) is 22.5. The highest BCUT2D eigenvalue weighted by Crippen LogP contribution is 2.62. The first-order chi connectivity index (χ1) is 35.5. The number of hydrogen-bond donors (Lipinski definition) is 1. The summed E-state index contributed by atoms with van der Waals surface area (Å²) in [4.78, 5) is 0.236. The zero-order chi connectivity index (χ0) is 60.9. The molecule has 0 fully saturated rings. The molecule has 464 valence electrons. The normalized spacial score (nSPS) is 16.3. The monoisotopic (exact) mass is 1210 g/mol. The van der Waals surface area contributed by atoms with E-state index < -0.39 is 268 Å². The summed E-state index contributed by atoms with van der Waals surface area (Å²) in [6, 6.07) is 0. The van der Waals surface area contributed by atoms with Gasteiger partial charge in [-0.05, 0) is 64.7 Å². The van der Waals surface area contributed by atoms with Crippen molar-refractivity contribution in [1.29, 1.82) is 0 Å². The van der Waals surface area contributed by atoms with E-state index in [1.165, 1.54) is 0 Å². The van der Waals surface area contributed by atoms with Crippen LogP contribution in [0.5, 0.6) is 0 Å². The largest absolute Gasteiger partial charge is 0.389 e. The van der Waals surface area contributed by atoms with Gasteiger partial charge in [0.25, 0.3) is 0 Å². The molecule has 0 spiro atoms. The van der Waals surface area contributed by atoms with E-state index in [1.807, 2.05) is 0 Å². The molecule has 5 atom stereocenters. The molecule has 1 aromatic rings. The molecule has 0 saturated heterocycles. The minimum atomic E-state index is -8.43. The third-order valence-corrected chi connectivity index (χ3v) is 13.2. The van der Waals surface area contributed by atoms with Gasteiger partial charge in [0.05, 0.1) is 13.1 Å². The summed E-state index contributed by atoms with van der Waals surface area (Å²) in [6.45, 7) is 3.92. The van der Waals surface area contributed by atoms with E-state index in [-0.39, 0.29) is 11.4 Å². The molecule has 31 heteroatoms. The zero-order valence-electron chi connectivity index (χ0n) is 42.4. The van der Waals surface area contributed by atoms with Crippen LogP contribution in [0.3, 0.4) is 0 Å². The number of benzene rings is 1. The van der Waals surface area contributed by atoms with Gasteiger partial charge in [0, 0.05) is 25.7 Å². The molecule has 1 N–H and O–H groups in total. The first kappa shape index (κ1) is 75.2. The summed E-state index contributed by atoms with van der Waals surface area (Å²) in [7, 11) is 0. The Bertz CT molecular complexity index is 1620. The van der Waals surface area contributed by atoms with Gasteiger partial charge < -0.3 is 0 Å². The number of quaternary nitrogens is 1. The van der Waals surface area contributed by atoms with Gasteiger partial charge in [-0.1, -0.05) is 84.0 Å². The van der Waals surface area contributed by atoms with Crippen LogP contribution in [0.15, 0.2) is 0 Å². The van der Waals surface area contributed by atoms with Crippen LogP contribution >= 0.6 is 0 Å². The molecule has 0 aliphatic rings. The van der Waals surface area contributed by atoms with Crippen LogP contribution in [-0.4, -0.2) is 91.9 Å². The van der Waals surface area contributed by atoms with Crippen LogP contribution in [0, 0.1) is 29.1 Å². The van der Waals surface area contributed by atoms with Crippen LogP contribution in [0.1, 0.15) is 174 Å². The predicted octanol–water partition coefficient (Wildman–Crippen LogP) is 19.4. The van der Waals surface area contributed by atoms with Crippen molar-refractivity contribution in [2.75, 3.05) is 13.1 Å². The van der Waals surface area contributed by atoms with Crippen LogP contribution in [0.4, 0.5) is 133 Å². The van der Waals surface area contributed by atoms with Crippen molar-refractivity contribution in [3.8, 4) is 0 Å². The second-order valence-corrected chi connectivity index (χ2v) is 19.4. The molecule has 1 rings (SSSR count). The van der Waals surface area contributed by atoms with Crippen LogP contribution in [-0.2, 0) is 0 Å². The average molecular weight is 1210 g/mol. The lowest BCUT2D eigenvalue weighted by Gasteiger charge is -2.60. The van der Waals surface area contributed by atoms with Crippen molar-refractivity contribution < 1.29 is 132 Å². The van der Waals surface area contributed by atoms with E-state index in [1.54, 1.807) is 13.8 Å². The van der Waals surface area contributed by atoms with Crippen molar-refractivity contribution in [1.82, 2.24) is 0 Å². The lowest BCUT2D eigenvalue weighted by Crippen LogP contribution is -3.07. The Labute approximate surface area is 433 Å². The number of unbranched alkanes of at least 4 members (excludes halogenated alkanes) is 12. The Balaban J connectivity index is 0.00000293. The molecule has 0 aliphatic carbocycles. The topological polar surface area (TPSA) is 4.44 Å². The first-order valence-corrected chi connectivity index (χ1v) is 25.3. The minimum Gasteiger partial charge on any atom is -0.297 e. The Hall–Kier alpha value is -2.79. The highest BCUT2D eigenvalue weighted by atomic mass is 19.4. The van der Waals surface area contributed by atoms with Gasteiger partial charge in [0.15, 0.2) is 23.3 Å². The van der Waals surface area contributed by atoms with E-state index in [2.05, 4.69) is 0 Å². The SMILES string of the molecule is CCC[NH+](CC)c1c(F)c(F)c(F)c(F)c1F.FC(CCCCCCC(F)(F)F)C(F)(F)[B-](C(F)(F)C(F)CCCCCCC(F)(F)F)(C(F)(F)C(F)CCCCCCC(F)(F)F)C(F)(F)C(F)CCCCCCC(F)(F)F. The number of rotatable bonds is 36. The van der Waals surface area contributed by atoms with Crippen molar-refractivity contribution in [2.24, 2.45) is 0 Å². The molecule has 5 unspecified atom stereocenters. The van der Waals surface area contributed by atoms with E-state index in [4.69, 9.17) is 0 Å². The maximum absolute atomic E-state index is 16.5. The summed E-state index contributed by atoms with van der Waals surface area (Å²) < 4.78 is 410. The second-order valence-electron chi connectivity index (χ2n) is 19.4. The summed E-state index contributed by atoms with van der Waals surface area (Å²) in [6.07, 6.45) is -71.1. The van der Waals surface area contributed by atoms with E-state index in [0.717, 1.165) is 0 Å². The van der Waals surface area contributed by atoms with Crippen LogP contribution < -0.4 is 4.90 Å². The van der Waals surface area contributed by atoms with Gasteiger partial charge in [-0.25, -0.2) is 65.9 Å². The lowest BCUT2D eigenvalue weighted by molar-refractivity contribution is -0.833. The summed E-state index contributed by atoms with van der Waals surface area (Å²) in [5.41, 5.74) is -0.772. The van der Waals surface area contributed by atoms with Crippen molar-refractivity contribution in [2.45, 2.75) is 247 Å². The van der Waals surface area contributed by atoms with Gasteiger partial charge >= 0.3 is 30.9 Å². The number of hydrogen-bond acceptors (Lipinski definition) is 0. The zero-order valence-corrected chi connectivity index (χ0v) is 42.4. The van der Waals surface area contributed by atoms with E-state index in [0.29, 0.717) is 13.0 Å². The molecule has 0 amide bonds. The molecule has 0 saturated carbocycles. The molecule has 1 aromatic carbocycles. The van der Waals surface area contributed by atoms with Gasteiger partial charge in [-0.2, -0.15) is 61.5 Å². The molecule has 0 aromatic heterocycles. The fourth-order valence-electron chi connectivity index (χ4n) is 9.10. The molecule has 78 heavy (non-hydrogen) atoms. The summed E-state index contributed by atoms with van der Waals surface area (Å²) >= 11 is 0. The maximum Gasteiger partial charge on any atom is 0.389 e. The lowest BCUT2D eigenvalue weighted by atomic mass is 9.09. The smallest absolute Gasteiger partial charge is 0.297 e. The highest BCUT2D eigenvalue weighted by molar-refractivity contribution is 6.89. The fourth-order valence-corrected chi connectivity index (χ4v) is 9.10. The predicted molar refractivity (Wildman–Crippen MR) is 233 cm³/mol. The minimum absolute atomic E-state index is 0.236. The molecule has 1 nitrogen and oxygen atoms in total. The summed E-state index contributed by atoms with van der Waals surface area (Å²) in [5.74, 6) is -37.3. The van der Waals surface area contributed by atoms with Crippen LogP contribution in [0.25, 0.3) is 0 Å². The maximum atomic E-state index is 16.5. The van der Waals surface area contributed by atoms with E-state index >= 15 is 52.7 Å². The first-order valence-electron chi connectivity index (χ1n) is 25.3. The third-order valence-electron chi connectivity index (χ3n) is 13.2. The standard InChI is InChI=1S/C36H52BF24.C11H12F5N/c38-25(17-9-1-5-13-21-29(42,43)44)33(54,55)37(34(56,57)26(39)18-10-2-6-14-22-30(45,46)47,35(58,59)27(40)19-11-3-7-15-23-31(48,49)50)36(60,61)28(41)20-12-4-8-16-24-32(51,52)53;1-3-5-17(4-2)11-9(15)7(13)6(12)8(14)10(11)16/h25-28H,1-24H2;3-5H2,1-2H3/q-1;/p+1. The van der Waals surface area contributed by atoms with Gasteiger partial charge in [-0.3, -0.25) is 4.90 Å². The van der Waals surface area contributed by atoms with Crippen molar-refractivity contribution in [3.05, 3.63) is 29.1 Å². The quantitative estimate of drug-likeness (QED) is 0.0225. The van der Waals surface area contributed by atoms with E-state index in [9.17, 15) is 74.6 Å². The Morgan fingerprint density at radius 2 is 0.526 bits per heavy atom. The number of halogens is 29. The van der Waals surface area contributed by atoms with Crippen molar-refractivity contribution in [3.63, 3.8) is 0 Å². The molecule has 0 heterocycles. The second kappa shape index (κ2) is 32.2. The molecule has 0 aliphatic heterocycles.